The number of hydrogen-bond donors (Lipinski definition) is 0. The van der Waals surface area contributed by atoms with Gasteiger partial charge in [0.15, 0.2) is 0 Å². The van der Waals surface area contributed by atoms with E-state index >= 15 is 0 Å². The zero-order valence-corrected chi connectivity index (χ0v) is 10.6. The standard InChI is InChI=1S/C11H15ClN2O2/c1-11(2,3)9-5-7(8(15)6-16-4)13-10(12)14-9/h5H,6H2,1-4H3. The highest BCUT2D eigenvalue weighted by Gasteiger charge is 2.19. The van der Waals surface area contributed by atoms with Gasteiger partial charge in [0.1, 0.15) is 12.3 Å². The molecule has 0 bridgehead atoms. The van der Waals surface area contributed by atoms with Gasteiger partial charge in [0.25, 0.3) is 0 Å². The van der Waals surface area contributed by atoms with Crippen molar-refractivity contribution in [1.29, 1.82) is 0 Å². The summed E-state index contributed by atoms with van der Waals surface area (Å²) >= 11 is 5.79. The number of ether oxygens (including phenoxy) is 1. The number of carbonyl (C=O) groups is 1. The Morgan fingerprint density at radius 2 is 2.06 bits per heavy atom. The van der Waals surface area contributed by atoms with Crippen LogP contribution in [0.4, 0.5) is 0 Å². The molecule has 0 aromatic carbocycles. The van der Waals surface area contributed by atoms with Crippen molar-refractivity contribution in [2.45, 2.75) is 26.2 Å². The number of Topliss-reactive ketones (excluding diaryl/α,β-unsaturated/α-hetero) is 1. The van der Waals surface area contributed by atoms with Crippen LogP contribution in [0.25, 0.3) is 0 Å². The van der Waals surface area contributed by atoms with Crippen LogP contribution in [0, 0.1) is 0 Å². The number of hydrogen-bond acceptors (Lipinski definition) is 4. The fourth-order valence-corrected chi connectivity index (χ4v) is 1.33. The molecule has 0 radical (unpaired) electrons. The van der Waals surface area contributed by atoms with Gasteiger partial charge in [-0.1, -0.05) is 20.8 Å². The molecule has 0 aliphatic rings. The molecule has 0 N–H and O–H groups in total. The number of rotatable bonds is 3. The zero-order valence-electron chi connectivity index (χ0n) is 9.87. The number of nitrogens with zero attached hydrogens (tertiary/aromatic N) is 2. The Morgan fingerprint density at radius 3 is 2.56 bits per heavy atom. The van der Waals surface area contributed by atoms with E-state index in [1.54, 1.807) is 6.07 Å². The highest BCUT2D eigenvalue weighted by molar-refractivity contribution is 6.28. The maximum Gasteiger partial charge on any atom is 0.223 e. The van der Waals surface area contributed by atoms with Gasteiger partial charge in [0.05, 0.1) is 5.69 Å². The van der Waals surface area contributed by atoms with Gasteiger partial charge in [-0.15, -0.1) is 0 Å². The third kappa shape index (κ3) is 3.25. The number of methoxy groups -OCH3 is 1. The van der Waals surface area contributed by atoms with E-state index in [0.29, 0.717) is 5.69 Å². The summed E-state index contributed by atoms with van der Waals surface area (Å²) < 4.78 is 4.77. The topological polar surface area (TPSA) is 52.1 Å². The summed E-state index contributed by atoms with van der Waals surface area (Å²) in [6.45, 7) is 5.99. The van der Waals surface area contributed by atoms with Gasteiger partial charge in [0.2, 0.25) is 11.1 Å². The van der Waals surface area contributed by atoms with Crippen molar-refractivity contribution in [2.24, 2.45) is 0 Å². The lowest BCUT2D eigenvalue weighted by molar-refractivity contribution is 0.0842. The summed E-state index contributed by atoms with van der Waals surface area (Å²) in [5, 5.41) is 0.0897. The maximum absolute atomic E-state index is 11.6. The van der Waals surface area contributed by atoms with Crippen molar-refractivity contribution >= 4 is 17.4 Å². The first kappa shape index (κ1) is 13.1. The summed E-state index contributed by atoms with van der Waals surface area (Å²) in [4.78, 5) is 19.6. The number of carbonyl (C=O) groups excluding carboxylic acids is 1. The zero-order chi connectivity index (χ0) is 12.3. The quantitative estimate of drug-likeness (QED) is 0.603. The van der Waals surface area contributed by atoms with Crippen molar-refractivity contribution in [3.05, 3.63) is 22.7 Å². The predicted molar refractivity (Wildman–Crippen MR) is 61.9 cm³/mol. The highest BCUT2D eigenvalue weighted by Crippen LogP contribution is 2.21. The molecule has 0 fully saturated rings. The molecule has 0 aliphatic heterocycles. The Kier molecular flexibility index (Phi) is 3.99. The molecule has 0 unspecified atom stereocenters. The molecule has 16 heavy (non-hydrogen) atoms. The van der Waals surface area contributed by atoms with Crippen molar-refractivity contribution < 1.29 is 9.53 Å². The minimum atomic E-state index is -0.197. The fraction of sp³-hybridized carbons (Fsp3) is 0.545. The van der Waals surface area contributed by atoms with E-state index in [9.17, 15) is 4.79 Å². The Hall–Kier alpha value is -1.000. The van der Waals surface area contributed by atoms with E-state index in [-0.39, 0.29) is 23.1 Å². The van der Waals surface area contributed by atoms with Gasteiger partial charge in [-0.3, -0.25) is 4.79 Å². The number of ketones is 1. The monoisotopic (exact) mass is 242 g/mol. The average molecular weight is 243 g/mol. The van der Waals surface area contributed by atoms with Crippen molar-refractivity contribution in [2.75, 3.05) is 13.7 Å². The van der Waals surface area contributed by atoms with Crippen LogP contribution >= 0.6 is 11.6 Å². The molecule has 0 atom stereocenters. The van der Waals surface area contributed by atoms with Gasteiger partial charge in [-0.2, -0.15) is 0 Å². The summed E-state index contributed by atoms with van der Waals surface area (Å²) in [5.41, 5.74) is 0.869. The van der Waals surface area contributed by atoms with Crippen LogP contribution in [-0.4, -0.2) is 29.5 Å². The Morgan fingerprint density at radius 1 is 1.44 bits per heavy atom. The lowest BCUT2D eigenvalue weighted by atomic mass is 9.91. The number of aromatic nitrogens is 2. The van der Waals surface area contributed by atoms with E-state index in [1.165, 1.54) is 7.11 Å². The molecule has 0 saturated heterocycles. The van der Waals surface area contributed by atoms with Crippen LogP contribution in [0.3, 0.4) is 0 Å². The van der Waals surface area contributed by atoms with Crippen LogP contribution in [0.15, 0.2) is 6.07 Å². The first-order valence-electron chi connectivity index (χ1n) is 4.92. The van der Waals surface area contributed by atoms with Crippen molar-refractivity contribution in [1.82, 2.24) is 9.97 Å². The van der Waals surface area contributed by atoms with Gasteiger partial charge in [0, 0.05) is 12.5 Å². The molecule has 4 nitrogen and oxygen atoms in total. The van der Waals surface area contributed by atoms with Crippen LogP contribution in [0.2, 0.25) is 5.28 Å². The fourth-order valence-electron chi connectivity index (χ4n) is 1.15. The Labute approximate surface area is 100 Å². The second-order valence-corrected chi connectivity index (χ2v) is 4.85. The van der Waals surface area contributed by atoms with Crippen LogP contribution in [0.5, 0.6) is 0 Å². The maximum atomic E-state index is 11.6. The lowest BCUT2D eigenvalue weighted by Crippen LogP contribution is -2.17. The normalized spacial score (nSPS) is 11.6. The summed E-state index contributed by atoms with van der Waals surface area (Å²) in [6.07, 6.45) is 0. The molecule has 1 aromatic heterocycles. The summed E-state index contributed by atoms with van der Waals surface area (Å²) in [6, 6.07) is 1.66. The predicted octanol–water partition coefficient (Wildman–Crippen LogP) is 2.26. The lowest BCUT2D eigenvalue weighted by Gasteiger charge is -2.18. The second-order valence-electron chi connectivity index (χ2n) is 4.51. The molecule has 0 amide bonds. The van der Waals surface area contributed by atoms with Crippen molar-refractivity contribution in [3.8, 4) is 0 Å². The van der Waals surface area contributed by atoms with Crippen LogP contribution < -0.4 is 0 Å². The number of halogens is 1. The third-order valence-corrected chi connectivity index (χ3v) is 2.20. The van der Waals surface area contributed by atoms with Gasteiger partial charge in [-0.25, -0.2) is 9.97 Å². The molecular formula is C11H15ClN2O2. The van der Waals surface area contributed by atoms with E-state index in [0.717, 1.165) is 5.69 Å². The first-order valence-corrected chi connectivity index (χ1v) is 5.29. The van der Waals surface area contributed by atoms with Gasteiger partial charge in [-0.05, 0) is 17.7 Å². The SMILES string of the molecule is COCC(=O)c1cc(C(C)(C)C)nc(Cl)n1. The van der Waals surface area contributed by atoms with Crippen LogP contribution in [-0.2, 0) is 10.2 Å². The molecule has 0 aliphatic carbocycles. The smallest absolute Gasteiger partial charge is 0.223 e. The molecule has 1 aromatic rings. The summed E-state index contributed by atoms with van der Waals surface area (Å²) in [5.74, 6) is -0.197. The van der Waals surface area contributed by atoms with Crippen LogP contribution in [0.1, 0.15) is 37.0 Å². The van der Waals surface area contributed by atoms with E-state index < -0.39 is 0 Å². The average Bonchev–Trinajstić information content (AvgIpc) is 2.16. The van der Waals surface area contributed by atoms with Crippen molar-refractivity contribution in [3.63, 3.8) is 0 Å². The highest BCUT2D eigenvalue weighted by atomic mass is 35.5. The first-order chi connectivity index (χ1) is 7.34. The van der Waals surface area contributed by atoms with Gasteiger partial charge < -0.3 is 4.74 Å². The molecule has 1 rings (SSSR count). The largest absolute Gasteiger partial charge is 0.376 e. The summed E-state index contributed by atoms with van der Waals surface area (Å²) in [7, 11) is 1.46. The Balaban J connectivity index is 3.13. The third-order valence-electron chi connectivity index (χ3n) is 2.03. The second kappa shape index (κ2) is 4.89. The Bertz CT molecular complexity index is 399. The molecule has 88 valence electrons. The van der Waals surface area contributed by atoms with E-state index in [2.05, 4.69) is 9.97 Å². The van der Waals surface area contributed by atoms with E-state index in [4.69, 9.17) is 16.3 Å². The molecule has 5 heteroatoms. The molecule has 0 saturated carbocycles. The molecular weight excluding hydrogens is 228 g/mol. The minimum absolute atomic E-state index is 0.00305. The minimum Gasteiger partial charge on any atom is -0.376 e. The molecule has 1 heterocycles. The molecule has 0 spiro atoms. The van der Waals surface area contributed by atoms with Gasteiger partial charge >= 0.3 is 0 Å². The van der Waals surface area contributed by atoms with E-state index in [1.807, 2.05) is 20.8 Å².